The lowest BCUT2D eigenvalue weighted by molar-refractivity contribution is 0.102. The zero-order chi connectivity index (χ0) is 25.3. The third-order valence-corrected chi connectivity index (χ3v) is 6.09. The number of aryl methyl sites for hydroxylation is 1. The number of carbonyl (C=O) groups excluding carboxylic acids is 1. The van der Waals surface area contributed by atoms with E-state index in [1.54, 1.807) is 50.9 Å². The number of hydrogen-bond acceptors (Lipinski definition) is 6. The third-order valence-electron chi connectivity index (χ3n) is 6.09. The Balaban J connectivity index is 1.46. The number of carbonyl (C=O) groups is 1. The second kappa shape index (κ2) is 9.04. The highest BCUT2D eigenvalue weighted by molar-refractivity contribution is 6.04. The van der Waals surface area contributed by atoms with E-state index in [1.807, 2.05) is 37.3 Å². The Kier molecular flexibility index (Phi) is 5.74. The largest absolute Gasteiger partial charge is 0.329 e. The molecular weight excluding hydrogens is 450 g/mol. The molecule has 176 valence electrons. The topological polar surface area (TPSA) is 120 Å². The first-order valence-electron chi connectivity index (χ1n) is 11.4. The van der Waals surface area contributed by atoms with Crippen molar-refractivity contribution in [2.24, 2.45) is 0 Å². The average molecular weight is 474 g/mol. The molecule has 2 N–H and O–H groups in total. The van der Waals surface area contributed by atoms with Crippen LogP contribution in [0.1, 0.15) is 35.6 Å². The minimum atomic E-state index is -0.795. The molecule has 0 bridgehead atoms. The fourth-order valence-corrected chi connectivity index (χ4v) is 4.00. The number of nitrogens with zero attached hydrogens (tertiary/aromatic N) is 5. The van der Waals surface area contributed by atoms with Gasteiger partial charge < -0.3 is 10.3 Å². The summed E-state index contributed by atoms with van der Waals surface area (Å²) in [6.45, 7) is 5.47. The Hall–Kier alpha value is -4.90. The molecule has 1 amide bonds. The van der Waals surface area contributed by atoms with Gasteiger partial charge in [0.05, 0.1) is 35.4 Å². The van der Waals surface area contributed by atoms with E-state index >= 15 is 0 Å². The van der Waals surface area contributed by atoms with Gasteiger partial charge in [-0.3, -0.25) is 14.8 Å². The SMILES string of the molecule is Cc1ncc(NC(=O)c2ccnc(C(C)(C)C#N)c2)cc1-c1cccc(-c2ccnc3[nH]cnc23)c1. The average Bonchev–Trinajstić information content (AvgIpc) is 3.39. The molecule has 0 saturated carbocycles. The van der Waals surface area contributed by atoms with E-state index in [0.29, 0.717) is 16.9 Å². The van der Waals surface area contributed by atoms with Crippen molar-refractivity contribution >= 4 is 22.8 Å². The zero-order valence-electron chi connectivity index (χ0n) is 20.1. The summed E-state index contributed by atoms with van der Waals surface area (Å²) in [5.74, 6) is -0.296. The van der Waals surface area contributed by atoms with Gasteiger partial charge in [0.1, 0.15) is 5.52 Å². The van der Waals surface area contributed by atoms with Crippen LogP contribution in [0.15, 0.2) is 73.4 Å². The number of benzene rings is 1. The van der Waals surface area contributed by atoms with Crippen LogP contribution in [0.25, 0.3) is 33.4 Å². The number of anilines is 1. The van der Waals surface area contributed by atoms with Gasteiger partial charge in [-0.05, 0) is 62.2 Å². The summed E-state index contributed by atoms with van der Waals surface area (Å²) in [6, 6.07) is 17.5. The molecule has 5 rings (SSSR count). The predicted molar refractivity (Wildman–Crippen MR) is 138 cm³/mol. The summed E-state index contributed by atoms with van der Waals surface area (Å²) < 4.78 is 0. The first-order chi connectivity index (χ1) is 17.4. The number of imidazole rings is 1. The maximum Gasteiger partial charge on any atom is 0.255 e. The van der Waals surface area contributed by atoms with Crippen LogP contribution in [0.3, 0.4) is 0 Å². The van der Waals surface area contributed by atoms with Crippen molar-refractivity contribution in [1.29, 1.82) is 5.26 Å². The van der Waals surface area contributed by atoms with Gasteiger partial charge in [0, 0.05) is 34.8 Å². The molecule has 0 aliphatic heterocycles. The molecular formula is C28H23N7O. The van der Waals surface area contributed by atoms with Crippen molar-refractivity contribution in [2.75, 3.05) is 5.32 Å². The lowest BCUT2D eigenvalue weighted by atomic mass is 9.90. The van der Waals surface area contributed by atoms with Crippen LogP contribution in [0, 0.1) is 18.3 Å². The van der Waals surface area contributed by atoms with Crippen LogP contribution in [-0.2, 0) is 5.41 Å². The van der Waals surface area contributed by atoms with Crippen molar-refractivity contribution in [3.05, 3.63) is 90.4 Å². The number of aromatic amines is 1. The summed E-state index contributed by atoms with van der Waals surface area (Å²) in [5, 5.41) is 12.3. The van der Waals surface area contributed by atoms with Crippen LogP contribution in [0.2, 0.25) is 0 Å². The van der Waals surface area contributed by atoms with E-state index in [9.17, 15) is 10.1 Å². The second-order valence-corrected chi connectivity index (χ2v) is 9.02. The molecule has 0 aliphatic carbocycles. The number of amides is 1. The molecule has 0 saturated heterocycles. The summed E-state index contributed by atoms with van der Waals surface area (Å²) in [5.41, 5.74) is 6.98. The lowest BCUT2D eigenvalue weighted by Gasteiger charge is -2.15. The summed E-state index contributed by atoms with van der Waals surface area (Å²) >= 11 is 0. The second-order valence-electron chi connectivity index (χ2n) is 9.02. The zero-order valence-corrected chi connectivity index (χ0v) is 20.1. The summed E-state index contributed by atoms with van der Waals surface area (Å²) in [7, 11) is 0. The highest BCUT2D eigenvalue weighted by Gasteiger charge is 2.22. The lowest BCUT2D eigenvalue weighted by Crippen LogP contribution is -2.18. The Morgan fingerprint density at radius 3 is 2.56 bits per heavy atom. The van der Waals surface area contributed by atoms with Gasteiger partial charge in [0.25, 0.3) is 5.91 Å². The van der Waals surface area contributed by atoms with Gasteiger partial charge in [0.2, 0.25) is 0 Å². The fourth-order valence-electron chi connectivity index (χ4n) is 4.00. The van der Waals surface area contributed by atoms with Crippen LogP contribution < -0.4 is 5.32 Å². The molecule has 4 heterocycles. The van der Waals surface area contributed by atoms with E-state index in [4.69, 9.17) is 0 Å². The quantitative estimate of drug-likeness (QED) is 0.350. The Morgan fingerprint density at radius 2 is 1.75 bits per heavy atom. The molecule has 0 spiro atoms. The maximum atomic E-state index is 13.0. The van der Waals surface area contributed by atoms with Crippen molar-refractivity contribution in [3.8, 4) is 28.3 Å². The fraction of sp³-hybridized carbons (Fsp3) is 0.143. The van der Waals surface area contributed by atoms with Gasteiger partial charge in [-0.2, -0.15) is 5.26 Å². The molecule has 0 atom stereocenters. The monoisotopic (exact) mass is 473 g/mol. The van der Waals surface area contributed by atoms with Crippen LogP contribution >= 0.6 is 0 Å². The standard InChI is InChI=1S/C28H23N7O/c1-17-23(19-6-4-5-18(11-19)22-8-10-31-26-25(22)33-16-34-26)13-21(14-32-17)35-27(36)20-7-9-30-24(12-20)28(2,3)15-29/h4-14,16H,1-3H3,(H,35,36)(H,31,33,34). The van der Waals surface area contributed by atoms with Gasteiger partial charge in [-0.1, -0.05) is 18.2 Å². The van der Waals surface area contributed by atoms with Gasteiger partial charge in [0.15, 0.2) is 5.65 Å². The van der Waals surface area contributed by atoms with Gasteiger partial charge in [-0.25, -0.2) is 9.97 Å². The Morgan fingerprint density at radius 1 is 0.972 bits per heavy atom. The highest BCUT2D eigenvalue weighted by Crippen LogP contribution is 2.31. The molecule has 0 radical (unpaired) electrons. The first-order valence-corrected chi connectivity index (χ1v) is 11.4. The number of H-pyrrole nitrogens is 1. The number of hydrogen-bond donors (Lipinski definition) is 2. The van der Waals surface area contributed by atoms with Crippen LogP contribution in [0.5, 0.6) is 0 Å². The highest BCUT2D eigenvalue weighted by atomic mass is 16.1. The van der Waals surface area contributed by atoms with Crippen molar-refractivity contribution < 1.29 is 4.79 Å². The number of nitriles is 1. The van der Waals surface area contributed by atoms with Crippen molar-refractivity contribution in [1.82, 2.24) is 24.9 Å². The smallest absolute Gasteiger partial charge is 0.255 e. The maximum absolute atomic E-state index is 13.0. The van der Waals surface area contributed by atoms with E-state index in [2.05, 4.69) is 42.4 Å². The molecule has 8 nitrogen and oxygen atoms in total. The Bertz CT molecular complexity index is 1650. The summed E-state index contributed by atoms with van der Waals surface area (Å²) in [4.78, 5) is 33.6. The molecule has 5 aromatic rings. The third kappa shape index (κ3) is 4.30. The molecule has 8 heteroatoms. The minimum absolute atomic E-state index is 0.296. The van der Waals surface area contributed by atoms with E-state index < -0.39 is 5.41 Å². The van der Waals surface area contributed by atoms with Crippen molar-refractivity contribution in [3.63, 3.8) is 0 Å². The Labute approximate surface area is 208 Å². The molecule has 0 unspecified atom stereocenters. The number of rotatable bonds is 5. The number of aromatic nitrogens is 5. The van der Waals surface area contributed by atoms with Gasteiger partial charge >= 0.3 is 0 Å². The summed E-state index contributed by atoms with van der Waals surface area (Å²) in [6.07, 6.45) is 6.58. The molecule has 0 fully saturated rings. The normalized spacial score (nSPS) is 11.3. The number of pyridine rings is 3. The van der Waals surface area contributed by atoms with E-state index in [-0.39, 0.29) is 5.91 Å². The molecule has 36 heavy (non-hydrogen) atoms. The first kappa shape index (κ1) is 22.9. The number of nitrogens with one attached hydrogen (secondary N) is 2. The van der Waals surface area contributed by atoms with Crippen LogP contribution in [0.4, 0.5) is 5.69 Å². The molecule has 0 aliphatic rings. The molecule has 4 aromatic heterocycles. The van der Waals surface area contributed by atoms with Crippen molar-refractivity contribution in [2.45, 2.75) is 26.2 Å². The molecule has 1 aromatic carbocycles. The van der Waals surface area contributed by atoms with Crippen LogP contribution in [-0.4, -0.2) is 30.8 Å². The van der Waals surface area contributed by atoms with Gasteiger partial charge in [-0.15, -0.1) is 0 Å². The predicted octanol–water partition coefficient (Wildman–Crippen LogP) is 5.44. The minimum Gasteiger partial charge on any atom is -0.329 e. The van der Waals surface area contributed by atoms with E-state index in [1.165, 1.54) is 0 Å². The number of fused-ring (bicyclic) bond motifs is 1. The van der Waals surface area contributed by atoms with E-state index in [0.717, 1.165) is 39.1 Å².